The van der Waals surface area contributed by atoms with Crippen molar-refractivity contribution in [2.45, 2.75) is 45.3 Å². The van der Waals surface area contributed by atoms with Gasteiger partial charge >= 0.3 is 0 Å². The number of nitrogens with zero attached hydrogens (tertiary/aromatic N) is 4. The zero-order valence-electron chi connectivity index (χ0n) is 16.1. The van der Waals surface area contributed by atoms with E-state index in [2.05, 4.69) is 9.97 Å². The lowest BCUT2D eigenvalue weighted by Crippen LogP contribution is -2.48. The largest absolute Gasteiger partial charge is 0.347 e. The van der Waals surface area contributed by atoms with E-state index in [0.717, 1.165) is 12.1 Å². The van der Waals surface area contributed by atoms with E-state index in [1.165, 1.54) is 6.20 Å². The van der Waals surface area contributed by atoms with Gasteiger partial charge in [-0.2, -0.15) is 0 Å². The van der Waals surface area contributed by atoms with Gasteiger partial charge < -0.3 is 19.3 Å². The molecule has 0 N–H and O–H groups in total. The minimum absolute atomic E-state index is 0.0618. The Kier molecular flexibility index (Phi) is 6.38. The van der Waals surface area contributed by atoms with E-state index in [4.69, 9.17) is 9.47 Å². The van der Waals surface area contributed by atoms with Gasteiger partial charge in [-0.3, -0.25) is 14.6 Å². The highest BCUT2D eigenvalue weighted by Gasteiger charge is 2.40. The van der Waals surface area contributed by atoms with Crippen molar-refractivity contribution in [3.63, 3.8) is 0 Å². The molecule has 27 heavy (non-hydrogen) atoms. The fraction of sp³-hybridized carbons (Fsp3) is 0.684. The lowest BCUT2D eigenvalue weighted by molar-refractivity contribution is -0.187. The normalized spacial score (nSPS) is 18.7. The van der Waals surface area contributed by atoms with E-state index in [9.17, 15) is 9.59 Å². The van der Waals surface area contributed by atoms with Crippen LogP contribution in [0.3, 0.4) is 0 Å². The average Bonchev–Trinajstić information content (AvgIpc) is 3.13. The minimum atomic E-state index is -0.481. The second-order valence-corrected chi connectivity index (χ2v) is 7.07. The molecule has 8 heteroatoms. The molecule has 2 aliphatic heterocycles. The molecule has 148 valence electrons. The van der Waals surface area contributed by atoms with Crippen LogP contribution in [-0.4, -0.2) is 76.8 Å². The molecule has 0 atom stereocenters. The van der Waals surface area contributed by atoms with Crippen molar-refractivity contribution in [3.05, 3.63) is 23.8 Å². The lowest BCUT2D eigenvalue weighted by atomic mass is 10.0. The van der Waals surface area contributed by atoms with Crippen LogP contribution in [0.1, 0.15) is 48.8 Å². The number of carbonyl (C=O) groups excluding carboxylic acids is 2. The average molecular weight is 376 g/mol. The van der Waals surface area contributed by atoms with Gasteiger partial charge in [0, 0.05) is 51.6 Å². The first-order chi connectivity index (χ1) is 13.0. The van der Waals surface area contributed by atoms with Crippen molar-refractivity contribution in [2.75, 3.05) is 39.4 Å². The van der Waals surface area contributed by atoms with Crippen molar-refractivity contribution in [3.8, 4) is 0 Å². The van der Waals surface area contributed by atoms with E-state index in [-0.39, 0.29) is 11.8 Å². The molecule has 2 aliphatic rings. The summed E-state index contributed by atoms with van der Waals surface area (Å²) in [5, 5.41) is 0. The Bertz CT molecular complexity index is 648. The first-order valence-electron chi connectivity index (χ1n) is 9.66. The topological polar surface area (TPSA) is 84.9 Å². The van der Waals surface area contributed by atoms with Gasteiger partial charge in [0.05, 0.1) is 25.1 Å². The smallest absolute Gasteiger partial charge is 0.274 e. The summed E-state index contributed by atoms with van der Waals surface area (Å²) in [5.74, 6) is -0.597. The maximum atomic E-state index is 12.7. The van der Waals surface area contributed by atoms with Gasteiger partial charge in [0.15, 0.2) is 5.79 Å². The fourth-order valence-corrected chi connectivity index (χ4v) is 3.52. The Balaban J connectivity index is 1.52. The molecular formula is C19H28N4O4. The van der Waals surface area contributed by atoms with Gasteiger partial charge in [0.2, 0.25) is 5.91 Å². The summed E-state index contributed by atoms with van der Waals surface area (Å²) in [6.07, 6.45) is 5.61. The summed E-state index contributed by atoms with van der Waals surface area (Å²) < 4.78 is 11.4. The summed E-state index contributed by atoms with van der Waals surface area (Å²) in [4.78, 5) is 37.1. The van der Waals surface area contributed by atoms with Crippen molar-refractivity contribution < 1.29 is 19.1 Å². The maximum absolute atomic E-state index is 12.7. The highest BCUT2D eigenvalue weighted by Crippen LogP contribution is 2.31. The first kappa shape index (κ1) is 19.7. The third-order valence-electron chi connectivity index (χ3n) is 5.07. The third-order valence-corrected chi connectivity index (χ3v) is 5.07. The summed E-state index contributed by atoms with van der Waals surface area (Å²) in [7, 11) is 0. The molecule has 1 spiro atoms. The minimum Gasteiger partial charge on any atom is -0.347 e. The summed E-state index contributed by atoms with van der Waals surface area (Å²) >= 11 is 0. The molecule has 0 saturated carbocycles. The zero-order chi connectivity index (χ0) is 19.3. The SMILES string of the molecule is CCCN(CCC(=O)N1CCC2(CC1)OCCO2)C(=O)c1cnc(C)cn1. The molecular weight excluding hydrogens is 348 g/mol. The predicted molar refractivity (Wildman–Crippen MR) is 98.0 cm³/mol. The van der Waals surface area contributed by atoms with Crippen LogP contribution in [0.5, 0.6) is 0 Å². The Hall–Kier alpha value is -2.06. The molecule has 1 aromatic heterocycles. The molecule has 8 nitrogen and oxygen atoms in total. The third kappa shape index (κ3) is 4.81. The van der Waals surface area contributed by atoms with Crippen molar-refractivity contribution in [1.29, 1.82) is 0 Å². The molecule has 0 radical (unpaired) electrons. The number of hydrogen-bond donors (Lipinski definition) is 0. The second kappa shape index (κ2) is 8.75. The molecule has 2 amide bonds. The summed E-state index contributed by atoms with van der Waals surface area (Å²) in [6, 6.07) is 0. The number of amides is 2. The van der Waals surface area contributed by atoms with Gasteiger partial charge in [-0.25, -0.2) is 4.98 Å². The predicted octanol–water partition coefficient (Wildman–Crippen LogP) is 1.39. The van der Waals surface area contributed by atoms with Crippen molar-refractivity contribution in [2.24, 2.45) is 0 Å². The van der Waals surface area contributed by atoms with Crippen LogP contribution < -0.4 is 0 Å². The number of aryl methyl sites for hydroxylation is 1. The van der Waals surface area contributed by atoms with Crippen molar-refractivity contribution >= 4 is 11.8 Å². The Morgan fingerprint density at radius 1 is 1.15 bits per heavy atom. The van der Waals surface area contributed by atoms with Gasteiger partial charge in [-0.05, 0) is 13.3 Å². The first-order valence-corrected chi connectivity index (χ1v) is 9.66. The zero-order valence-corrected chi connectivity index (χ0v) is 16.1. The van der Waals surface area contributed by atoms with E-state index in [1.54, 1.807) is 11.1 Å². The number of aromatic nitrogens is 2. The summed E-state index contributed by atoms with van der Waals surface area (Å²) in [6.45, 7) is 7.33. The molecule has 1 aromatic rings. The molecule has 3 rings (SSSR count). The standard InChI is InChI=1S/C19H28N4O4/c1-3-7-23(18(25)16-14-20-15(2)13-21-16)8-4-17(24)22-9-5-19(6-10-22)26-11-12-27-19/h13-14H,3-12H2,1-2H3. The molecule has 0 bridgehead atoms. The van der Waals surface area contributed by atoms with Gasteiger partial charge in [0.1, 0.15) is 5.69 Å². The van der Waals surface area contributed by atoms with Gasteiger partial charge in [-0.1, -0.05) is 6.92 Å². The summed E-state index contributed by atoms with van der Waals surface area (Å²) in [5.41, 5.74) is 1.08. The number of rotatable bonds is 6. The van der Waals surface area contributed by atoms with Crippen LogP contribution in [0.15, 0.2) is 12.4 Å². The van der Waals surface area contributed by atoms with Crippen molar-refractivity contribution in [1.82, 2.24) is 19.8 Å². The van der Waals surface area contributed by atoms with Crippen LogP contribution in [0, 0.1) is 6.92 Å². The lowest BCUT2D eigenvalue weighted by Gasteiger charge is -2.37. The van der Waals surface area contributed by atoms with Gasteiger partial charge in [-0.15, -0.1) is 0 Å². The van der Waals surface area contributed by atoms with Crippen LogP contribution in [-0.2, 0) is 14.3 Å². The molecule has 3 heterocycles. The van der Waals surface area contributed by atoms with Crippen LogP contribution >= 0.6 is 0 Å². The monoisotopic (exact) mass is 376 g/mol. The van der Waals surface area contributed by atoms with E-state index >= 15 is 0 Å². The molecule has 0 aromatic carbocycles. The van der Waals surface area contributed by atoms with Crippen LogP contribution in [0.4, 0.5) is 0 Å². The van der Waals surface area contributed by atoms with E-state index in [1.807, 2.05) is 18.7 Å². The Labute approximate surface area is 159 Å². The Morgan fingerprint density at radius 3 is 2.44 bits per heavy atom. The maximum Gasteiger partial charge on any atom is 0.274 e. The number of likely N-dealkylation sites (tertiary alicyclic amines) is 1. The van der Waals surface area contributed by atoms with Gasteiger partial charge in [0.25, 0.3) is 5.91 Å². The number of carbonyl (C=O) groups is 2. The molecule has 2 fully saturated rings. The molecule has 0 aliphatic carbocycles. The van der Waals surface area contributed by atoms with E-state index < -0.39 is 5.79 Å². The quantitative estimate of drug-likeness (QED) is 0.746. The van der Waals surface area contributed by atoms with E-state index in [0.29, 0.717) is 64.3 Å². The van der Waals surface area contributed by atoms with Crippen LogP contribution in [0.2, 0.25) is 0 Å². The fourth-order valence-electron chi connectivity index (χ4n) is 3.52. The second-order valence-electron chi connectivity index (χ2n) is 7.07. The Morgan fingerprint density at radius 2 is 1.85 bits per heavy atom. The molecule has 2 saturated heterocycles. The number of hydrogen-bond acceptors (Lipinski definition) is 6. The molecule has 0 unspecified atom stereocenters. The highest BCUT2D eigenvalue weighted by atomic mass is 16.7. The number of ether oxygens (including phenoxy) is 2. The number of piperidine rings is 1. The highest BCUT2D eigenvalue weighted by molar-refractivity contribution is 5.92. The van der Waals surface area contributed by atoms with Crippen LogP contribution in [0.25, 0.3) is 0 Å².